The Morgan fingerprint density at radius 3 is 2.11 bits per heavy atom. The van der Waals surface area contributed by atoms with Gasteiger partial charge >= 0.3 is 0 Å². The Kier molecular flexibility index (Phi) is 3.72. The zero-order valence-electron chi connectivity index (χ0n) is 10.4. The first-order valence-electron chi connectivity index (χ1n) is 5.82. The van der Waals surface area contributed by atoms with Crippen LogP contribution in [0, 0.1) is 18.6 Å². The average Bonchev–Trinajstić information content (AvgIpc) is 2.35. The molecule has 1 unspecified atom stereocenters. The molecule has 94 valence electrons. The van der Waals surface area contributed by atoms with Gasteiger partial charge in [-0.15, -0.1) is 0 Å². The number of hydrogen-bond acceptors (Lipinski definition) is 1. The van der Waals surface area contributed by atoms with Crippen LogP contribution in [0.2, 0.25) is 0 Å². The molecule has 1 atom stereocenters. The van der Waals surface area contributed by atoms with E-state index in [2.05, 4.69) is 5.32 Å². The van der Waals surface area contributed by atoms with Crippen LogP contribution >= 0.6 is 0 Å². The number of hydrogen-bond donors (Lipinski definition) is 1. The van der Waals surface area contributed by atoms with Gasteiger partial charge in [0, 0.05) is 5.56 Å². The fourth-order valence-corrected chi connectivity index (χ4v) is 2.15. The molecule has 0 aromatic heterocycles. The Morgan fingerprint density at radius 2 is 1.56 bits per heavy atom. The second-order valence-electron chi connectivity index (χ2n) is 4.21. The summed E-state index contributed by atoms with van der Waals surface area (Å²) in [7, 11) is 1.70. The van der Waals surface area contributed by atoms with Crippen LogP contribution in [0.4, 0.5) is 8.78 Å². The van der Waals surface area contributed by atoms with E-state index < -0.39 is 17.7 Å². The van der Waals surface area contributed by atoms with Crippen molar-refractivity contribution < 1.29 is 8.78 Å². The Morgan fingerprint density at radius 1 is 0.944 bits per heavy atom. The highest BCUT2D eigenvalue weighted by atomic mass is 19.1. The number of nitrogens with one attached hydrogen (secondary N) is 1. The maximum atomic E-state index is 13.8. The molecular weight excluding hydrogens is 232 g/mol. The maximum Gasteiger partial charge on any atom is 0.131 e. The van der Waals surface area contributed by atoms with Crippen molar-refractivity contribution in [2.45, 2.75) is 13.0 Å². The summed E-state index contributed by atoms with van der Waals surface area (Å²) in [6.07, 6.45) is 0. The standard InChI is InChI=1S/C15H15F2N/c1-10-6-3-4-7-11(10)15(18-2)14-12(16)8-5-9-13(14)17/h3-9,15,18H,1-2H3. The second kappa shape index (κ2) is 5.27. The SMILES string of the molecule is CNC(c1ccccc1C)c1c(F)cccc1F. The molecule has 3 heteroatoms. The highest BCUT2D eigenvalue weighted by molar-refractivity contribution is 5.37. The Balaban J connectivity index is 2.56. The summed E-state index contributed by atoms with van der Waals surface area (Å²) in [4.78, 5) is 0. The van der Waals surface area contributed by atoms with Gasteiger partial charge in [0.15, 0.2) is 0 Å². The maximum absolute atomic E-state index is 13.8. The average molecular weight is 247 g/mol. The third kappa shape index (κ3) is 2.27. The highest BCUT2D eigenvalue weighted by Crippen LogP contribution is 2.28. The molecule has 0 saturated heterocycles. The van der Waals surface area contributed by atoms with Gasteiger partial charge in [-0.1, -0.05) is 30.3 Å². The first kappa shape index (κ1) is 12.7. The molecule has 0 aliphatic carbocycles. The van der Waals surface area contributed by atoms with Crippen LogP contribution in [0.5, 0.6) is 0 Å². The van der Waals surface area contributed by atoms with Crippen molar-refractivity contribution in [1.29, 1.82) is 0 Å². The first-order valence-corrected chi connectivity index (χ1v) is 5.82. The van der Waals surface area contributed by atoms with Crippen molar-refractivity contribution in [3.63, 3.8) is 0 Å². The van der Waals surface area contributed by atoms with E-state index in [1.807, 2.05) is 31.2 Å². The van der Waals surface area contributed by atoms with Gasteiger partial charge < -0.3 is 5.32 Å². The monoisotopic (exact) mass is 247 g/mol. The van der Waals surface area contributed by atoms with Gasteiger partial charge in [-0.2, -0.15) is 0 Å². The van der Waals surface area contributed by atoms with Crippen molar-refractivity contribution in [3.05, 3.63) is 70.8 Å². The molecule has 0 aliphatic heterocycles. The van der Waals surface area contributed by atoms with E-state index in [4.69, 9.17) is 0 Å². The lowest BCUT2D eigenvalue weighted by Crippen LogP contribution is -2.21. The number of halogens is 2. The van der Waals surface area contributed by atoms with Crippen LogP contribution in [0.25, 0.3) is 0 Å². The molecule has 1 N–H and O–H groups in total. The Labute approximate surface area is 105 Å². The van der Waals surface area contributed by atoms with Crippen LogP contribution < -0.4 is 5.32 Å². The molecule has 1 nitrogen and oxygen atoms in total. The zero-order valence-corrected chi connectivity index (χ0v) is 10.4. The van der Waals surface area contributed by atoms with Crippen molar-refractivity contribution in [1.82, 2.24) is 5.32 Å². The van der Waals surface area contributed by atoms with Crippen molar-refractivity contribution in [2.24, 2.45) is 0 Å². The zero-order chi connectivity index (χ0) is 13.1. The van der Waals surface area contributed by atoms with E-state index in [1.54, 1.807) is 7.05 Å². The van der Waals surface area contributed by atoms with Crippen LogP contribution in [0.15, 0.2) is 42.5 Å². The summed E-state index contributed by atoms with van der Waals surface area (Å²) < 4.78 is 27.6. The Hall–Kier alpha value is -1.74. The lowest BCUT2D eigenvalue weighted by Gasteiger charge is -2.20. The summed E-state index contributed by atoms with van der Waals surface area (Å²) in [5.41, 5.74) is 1.94. The van der Waals surface area contributed by atoms with Gasteiger partial charge in [0.1, 0.15) is 11.6 Å². The second-order valence-corrected chi connectivity index (χ2v) is 4.21. The molecule has 2 aromatic rings. The van der Waals surface area contributed by atoms with Crippen LogP contribution in [0.3, 0.4) is 0 Å². The van der Waals surface area contributed by atoms with Gasteiger partial charge in [-0.3, -0.25) is 0 Å². The molecule has 0 saturated carbocycles. The fraction of sp³-hybridized carbons (Fsp3) is 0.200. The van der Waals surface area contributed by atoms with E-state index >= 15 is 0 Å². The van der Waals surface area contributed by atoms with Crippen molar-refractivity contribution in [2.75, 3.05) is 7.05 Å². The largest absolute Gasteiger partial charge is 0.309 e. The minimum Gasteiger partial charge on any atom is -0.309 e. The molecule has 2 rings (SSSR count). The van der Waals surface area contributed by atoms with Crippen molar-refractivity contribution >= 4 is 0 Å². The lowest BCUT2D eigenvalue weighted by atomic mass is 9.94. The normalized spacial score (nSPS) is 12.4. The van der Waals surface area contributed by atoms with Crippen molar-refractivity contribution in [3.8, 4) is 0 Å². The summed E-state index contributed by atoms with van der Waals surface area (Å²) >= 11 is 0. The van der Waals surface area contributed by atoms with Crippen LogP contribution in [-0.4, -0.2) is 7.05 Å². The molecule has 18 heavy (non-hydrogen) atoms. The molecule has 0 amide bonds. The lowest BCUT2D eigenvalue weighted by molar-refractivity contribution is 0.521. The highest BCUT2D eigenvalue weighted by Gasteiger charge is 2.21. The molecule has 0 spiro atoms. The van der Waals surface area contributed by atoms with Gasteiger partial charge in [-0.25, -0.2) is 8.78 Å². The molecular formula is C15H15F2N. The fourth-order valence-electron chi connectivity index (χ4n) is 2.15. The third-order valence-corrected chi connectivity index (χ3v) is 3.08. The summed E-state index contributed by atoms with van der Waals surface area (Å²) in [5.74, 6) is -1.06. The third-order valence-electron chi connectivity index (χ3n) is 3.08. The number of rotatable bonds is 3. The molecule has 0 fully saturated rings. The van der Waals surface area contributed by atoms with E-state index in [0.717, 1.165) is 11.1 Å². The van der Waals surface area contributed by atoms with Crippen LogP contribution in [0.1, 0.15) is 22.7 Å². The van der Waals surface area contributed by atoms with E-state index in [1.165, 1.54) is 18.2 Å². The predicted molar refractivity (Wildman–Crippen MR) is 68.4 cm³/mol. The van der Waals surface area contributed by atoms with E-state index in [0.29, 0.717) is 0 Å². The minimum atomic E-state index is -0.530. The molecule has 0 radical (unpaired) electrons. The minimum absolute atomic E-state index is 0.0642. The van der Waals surface area contributed by atoms with Gasteiger partial charge in [-0.05, 0) is 37.2 Å². The predicted octanol–water partition coefficient (Wildman–Crippen LogP) is 3.58. The first-order chi connectivity index (χ1) is 8.65. The number of aryl methyl sites for hydroxylation is 1. The van der Waals surface area contributed by atoms with Crippen LogP contribution in [-0.2, 0) is 0 Å². The summed E-state index contributed by atoms with van der Waals surface area (Å²) in [5, 5.41) is 2.98. The summed E-state index contributed by atoms with van der Waals surface area (Å²) in [6, 6.07) is 11.0. The summed E-state index contributed by atoms with van der Waals surface area (Å²) in [6.45, 7) is 1.93. The van der Waals surface area contributed by atoms with Gasteiger partial charge in [0.25, 0.3) is 0 Å². The number of benzene rings is 2. The Bertz CT molecular complexity index is 532. The van der Waals surface area contributed by atoms with Gasteiger partial charge in [0.05, 0.1) is 6.04 Å². The van der Waals surface area contributed by atoms with Gasteiger partial charge in [0.2, 0.25) is 0 Å². The topological polar surface area (TPSA) is 12.0 Å². The molecule has 0 heterocycles. The van der Waals surface area contributed by atoms with E-state index in [9.17, 15) is 8.78 Å². The molecule has 0 bridgehead atoms. The molecule has 0 aliphatic rings. The quantitative estimate of drug-likeness (QED) is 0.874. The molecule has 2 aromatic carbocycles. The van der Waals surface area contributed by atoms with E-state index in [-0.39, 0.29) is 5.56 Å². The smallest absolute Gasteiger partial charge is 0.131 e.